The van der Waals surface area contributed by atoms with E-state index in [0.717, 1.165) is 25.0 Å². The van der Waals surface area contributed by atoms with Crippen LogP contribution in [0.2, 0.25) is 0 Å². The number of hydrogen-bond donors (Lipinski definition) is 1. The second-order valence-corrected chi connectivity index (χ2v) is 6.67. The Morgan fingerprint density at radius 3 is 2.65 bits per heavy atom. The molecule has 2 heteroatoms. The Bertz CT molecular complexity index is 229. The van der Waals surface area contributed by atoms with E-state index in [4.69, 9.17) is 4.74 Å². The number of rotatable bonds is 6. The Labute approximate surface area is 107 Å². The SMILES string of the molecule is CC1CCCC(CNC(C)C)(OCC2CC2)C1. The van der Waals surface area contributed by atoms with Gasteiger partial charge in [0.15, 0.2) is 0 Å². The highest BCUT2D eigenvalue weighted by Gasteiger charge is 2.37. The molecule has 0 saturated heterocycles. The quantitative estimate of drug-likeness (QED) is 0.767. The van der Waals surface area contributed by atoms with Crippen molar-refractivity contribution in [2.24, 2.45) is 11.8 Å². The third-order valence-electron chi connectivity index (χ3n) is 4.20. The normalized spacial score (nSPS) is 34.2. The molecule has 0 heterocycles. The summed E-state index contributed by atoms with van der Waals surface area (Å²) in [7, 11) is 0. The Kier molecular flexibility index (Phi) is 4.48. The molecule has 0 aromatic rings. The lowest BCUT2D eigenvalue weighted by Gasteiger charge is -2.41. The summed E-state index contributed by atoms with van der Waals surface area (Å²) in [5.74, 6) is 1.71. The zero-order valence-corrected chi connectivity index (χ0v) is 11.8. The fourth-order valence-corrected chi connectivity index (χ4v) is 2.92. The van der Waals surface area contributed by atoms with Crippen molar-refractivity contribution in [3.05, 3.63) is 0 Å². The van der Waals surface area contributed by atoms with Gasteiger partial charge in [-0.25, -0.2) is 0 Å². The first-order chi connectivity index (χ1) is 8.10. The van der Waals surface area contributed by atoms with Crippen molar-refractivity contribution in [3.63, 3.8) is 0 Å². The first-order valence-corrected chi connectivity index (χ1v) is 7.47. The molecule has 2 atom stereocenters. The van der Waals surface area contributed by atoms with Gasteiger partial charge in [-0.15, -0.1) is 0 Å². The molecule has 2 aliphatic carbocycles. The number of ether oxygens (including phenoxy) is 1. The summed E-state index contributed by atoms with van der Waals surface area (Å²) in [5.41, 5.74) is 0.143. The molecule has 2 rings (SSSR count). The van der Waals surface area contributed by atoms with Gasteiger partial charge in [-0.1, -0.05) is 33.6 Å². The van der Waals surface area contributed by atoms with Crippen LogP contribution in [-0.2, 0) is 4.74 Å². The molecular weight excluding hydrogens is 210 g/mol. The first kappa shape index (κ1) is 13.4. The fourth-order valence-electron chi connectivity index (χ4n) is 2.92. The minimum Gasteiger partial charge on any atom is -0.373 e. The summed E-state index contributed by atoms with van der Waals surface area (Å²) in [6, 6.07) is 0.564. The molecule has 2 aliphatic rings. The average molecular weight is 239 g/mol. The lowest BCUT2D eigenvalue weighted by molar-refractivity contribution is -0.0841. The Morgan fingerprint density at radius 1 is 1.29 bits per heavy atom. The van der Waals surface area contributed by atoms with Crippen LogP contribution in [-0.4, -0.2) is 24.8 Å². The molecule has 17 heavy (non-hydrogen) atoms. The van der Waals surface area contributed by atoms with Gasteiger partial charge in [0, 0.05) is 12.6 Å². The van der Waals surface area contributed by atoms with Gasteiger partial charge in [0.1, 0.15) is 0 Å². The minimum atomic E-state index is 0.143. The van der Waals surface area contributed by atoms with Crippen LogP contribution < -0.4 is 5.32 Å². The van der Waals surface area contributed by atoms with Crippen LogP contribution >= 0.6 is 0 Å². The van der Waals surface area contributed by atoms with Gasteiger partial charge in [0.25, 0.3) is 0 Å². The number of nitrogens with one attached hydrogen (secondary N) is 1. The molecule has 1 N–H and O–H groups in total. The van der Waals surface area contributed by atoms with Gasteiger partial charge >= 0.3 is 0 Å². The van der Waals surface area contributed by atoms with E-state index in [2.05, 4.69) is 26.1 Å². The van der Waals surface area contributed by atoms with Crippen molar-refractivity contribution in [2.75, 3.05) is 13.2 Å². The van der Waals surface area contributed by atoms with E-state index >= 15 is 0 Å². The summed E-state index contributed by atoms with van der Waals surface area (Å²) >= 11 is 0. The van der Waals surface area contributed by atoms with Crippen LogP contribution in [0.5, 0.6) is 0 Å². The van der Waals surface area contributed by atoms with Gasteiger partial charge in [-0.05, 0) is 37.5 Å². The summed E-state index contributed by atoms with van der Waals surface area (Å²) in [4.78, 5) is 0. The van der Waals surface area contributed by atoms with Crippen molar-refractivity contribution in [2.45, 2.75) is 70.9 Å². The molecule has 2 saturated carbocycles. The van der Waals surface area contributed by atoms with Crippen molar-refractivity contribution in [3.8, 4) is 0 Å². The lowest BCUT2D eigenvalue weighted by atomic mass is 9.78. The molecular formula is C15H29NO. The van der Waals surface area contributed by atoms with E-state index in [-0.39, 0.29) is 5.60 Å². The molecule has 100 valence electrons. The first-order valence-electron chi connectivity index (χ1n) is 7.47. The molecule has 0 bridgehead atoms. The molecule has 2 fully saturated rings. The van der Waals surface area contributed by atoms with Crippen LogP contribution in [0.15, 0.2) is 0 Å². The van der Waals surface area contributed by atoms with E-state index in [1.807, 2.05) is 0 Å². The molecule has 0 radical (unpaired) electrons. The Morgan fingerprint density at radius 2 is 2.06 bits per heavy atom. The topological polar surface area (TPSA) is 21.3 Å². The van der Waals surface area contributed by atoms with Crippen LogP contribution in [0.4, 0.5) is 0 Å². The summed E-state index contributed by atoms with van der Waals surface area (Å²) < 4.78 is 6.35. The molecule has 2 nitrogen and oxygen atoms in total. The summed E-state index contributed by atoms with van der Waals surface area (Å²) in [6.07, 6.45) is 8.01. The van der Waals surface area contributed by atoms with E-state index in [0.29, 0.717) is 6.04 Å². The lowest BCUT2D eigenvalue weighted by Crippen LogP contribution is -2.48. The Balaban J connectivity index is 1.88. The zero-order chi connectivity index (χ0) is 12.3. The van der Waals surface area contributed by atoms with Gasteiger partial charge in [0.05, 0.1) is 12.2 Å². The second kappa shape index (κ2) is 5.71. The highest BCUT2D eigenvalue weighted by molar-refractivity contribution is 4.90. The van der Waals surface area contributed by atoms with E-state index in [9.17, 15) is 0 Å². The van der Waals surface area contributed by atoms with Crippen molar-refractivity contribution >= 4 is 0 Å². The smallest absolute Gasteiger partial charge is 0.0809 e. The second-order valence-electron chi connectivity index (χ2n) is 6.67. The molecule has 0 amide bonds. The van der Waals surface area contributed by atoms with Crippen LogP contribution in [0.25, 0.3) is 0 Å². The molecule has 0 aromatic carbocycles. The molecule has 2 unspecified atom stereocenters. The van der Waals surface area contributed by atoms with Crippen molar-refractivity contribution in [1.82, 2.24) is 5.32 Å². The van der Waals surface area contributed by atoms with Gasteiger partial charge in [0.2, 0.25) is 0 Å². The van der Waals surface area contributed by atoms with Gasteiger partial charge < -0.3 is 10.1 Å². The average Bonchev–Trinajstić information content (AvgIpc) is 3.08. The van der Waals surface area contributed by atoms with E-state index < -0.39 is 0 Å². The predicted octanol–water partition coefficient (Wildman–Crippen LogP) is 3.36. The van der Waals surface area contributed by atoms with Gasteiger partial charge in [-0.3, -0.25) is 0 Å². The monoisotopic (exact) mass is 239 g/mol. The summed E-state index contributed by atoms with van der Waals surface area (Å²) in [6.45, 7) is 8.87. The molecule has 0 aliphatic heterocycles. The minimum absolute atomic E-state index is 0.143. The van der Waals surface area contributed by atoms with E-state index in [1.165, 1.54) is 38.5 Å². The highest BCUT2D eigenvalue weighted by Crippen LogP contribution is 2.37. The maximum atomic E-state index is 6.35. The molecule has 0 aromatic heterocycles. The van der Waals surface area contributed by atoms with Crippen LogP contribution in [0, 0.1) is 11.8 Å². The van der Waals surface area contributed by atoms with Gasteiger partial charge in [-0.2, -0.15) is 0 Å². The largest absolute Gasteiger partial charge is 0.373 e. The summed E-state index contributed by atoms with van der Waals surface area (Å²) in [5, 5.41) is 3.60. The number of hydrogen-bond acceptors (Lipinski definition) is 2. The third-order valence-corrected chi connectivity index (χ3v) is 4.20. The predicted molar refractivity (Wildman–Crippen MR) is 72.2 cm³/mol. The fraction of sp³-hybridized carbons (Fsp3) is 1.00. The van der Waals surface area contributed by atoms with E-state index in [1.54, 1.807) is 0 Å². The maximum absolute atomic E-state index is 6.35. The van der Waals surface area contributed by atoms with Crippen LogP contribution in [0.3, 0.4) is 0 Å². The zero-order valence-electron chi connectivity index (χ0n) is 11.8. The standard InChI is InChI=1S/C15H29NO/c1-12(2)16-11-15(17-10-14-6-7-14)8-4-5-13(3)9-15/h12-14,16H,4-11H2,1-3H3. The van der Waals surface area contributed by atoms with Crippen LogP contribution in [0.1, 0.15) is 59.3 Å². The maximum Gasteiger partial charge on any atom is 0.0809 e. The van der Waals surface area contributed by atoms with Crippen molar-refractivity contribution in [1.29, 1.82) is 0 Å². The highest BCUT2D eigenvalue weighted by atomic mass is 16.5. The third kappa shape index (κ3) is 4.26. The Hall–Kier alpha value is -0.0800. The van der Waals surface area contributed by atoms with Crippen molar-refractivity contribution < 1.29 is 4.74 Å². The molecule has 0 spiro atoms.